The molecule has 6 heteroatoms. The van der Waals surface area contributed by atoms with Crippen LogP contribution in [0.25, 0.3) is 4.83 Å². The zero-order chi connectivity index (χ0) is 9.97. The summed E-state index contributed by atoms with van der Waals surface area (Å²) in [7, 11) is 0. The molecular weight excluding hydrogens is 200 g/mol. The molecule has 5 nitrogen and oxygen atoms in total. The number of nitrogens with one attached hydrogen (secondary N) is 1. The number of hydrogen-bond donors (Lipinski definition) is 2. The Labute approximate surface area is 84.6 Å². The SMILES string of the molecule is NCCNC(=O)c1csc2cncn12. The molecular formula is C8H10N4OS. The average molecular weight is 210 g/mol. The molecule has 0 aromatic carbocycles. The van der Waals surface area contributed by atoms with Crippen molar-refractivity contribution in [2.45, 2.75) is 0 Å². The molecule has 0 aliphatic heterocycles. The summed E-state index contributed by atoms with van der Waals surface area (Å²) in [6.07, 6.45) is 3.35. The maximum Gasteiger partial charge on any atom is 0.269 e. The van der Waals surface area contributed by atoms with Crippen LogP contribution in [0.4, 0.5) is 0 Å². The number of carbonyl (C=O) groups is 1. The zero-order valence-electron chi connectivity index (χ0n) is 7.43. The van der Waals surface area contributed by atoms with E-state index in [2.05, 4.69) is 10.3 Å². The third-order valence-corrected chi connectivity index (χ3v) is 2.70. The van der Waals surface area contributed by atoms with Crippen LogP contribution in [-0.4, -0.2) is 28.4 Å². The number of imidazole rings is 1. The van der Waals surface area contributed by atoms with Gasteiger partial charge in [0.15, 0.2) is 0 Å². The molecule has 0 aliphatic carbocycles. The number of amides is 1. The smallest absolute Gasteiger partial charge is 0.269 e. The number of nitrogens with zero attached hydrogens (tertiary/aromatic N) is 2. The predicted molar refractivity (Wildman–Crippen MR) is 54.5 cm³/mol. The molecule has 0 atom stereocenters. The molecule has 0 aliphatic rings. The molecule has 2 rings (SSSR count). The molecule has 3 N–H and O–H groups in total. The summed E-state index contributed by atoms with van der Waals surface area (Å²) in [5, 5.41) is 4.52. The molecule has 1 amide bonds. The lowest BCUT2D eigenvalue weighted by atomic mass is 10.4. The highest BCUT2D eigenvalue weighted by molar-refractivity contribution is 7.15. The Hall–Kier alpha value is -1.40. The van der Waals surface area contributed by atoms with Gasteiger partial charge in [0, 0.05) is 18.5 Å². The summed E-state index contributed by atoms with van der Waals surface area (Å²) in [5.41, 5.74) is 5.90. The summed E-state index contributed by atoms with van der Waals surface area (Å²) in [6, 6.07) is 0. The third-order valence-electron chi connectivity index (χ3n) is 1.82. The van der Waals surface area contributed by atoms with Gasteiger partial charge in [-0.05, 0) is 0 Å². The van der Waals surface area contributed by atoms with Crippen molar-refractivity contribution in [3.8, 4) is 0 Å². The number of hydrogen-bond acceptors (Lipinski definition) is 4. The van der Waals surface area contributed by atoms with Gasteiger partial charge in [-0.15, -0.1) is 11.3 Å². The van der Waals surface area contributed by atoms with E-state index < -0.39 is 0 Å². The van der Waals surface area contributed by atoms with E-state index >= 15 is 0 Å². The minimum absolute atomic E-state index is 0.111. The second-order valence-corrected chi connectivity index (χ2v) is 3.66. The van der Waals surface area contributed by atoms with Crippen molar-refractivity contribution in [2.24, 2.45) is 5.73 Å². The van der Waals surface area contributed by atoms with Gasteiger partial charge in [-0.25, -0.2) is 4.98 Å². The first-order valence-electron chi connectivity index (χ1n) is 4.20. The van der Waals surface area contributed by atoms with Crippen LogP contribution in [-0.2, 0) is 0 Å². The fourth-order valence-corrected chi connectivity index (χ4v) is 2.00. The van der Waals surface area contributed by atoms with Crippen LogP contribution in [0.1, 0.15) is 10.5 Å². The van der Waals surface area contributed by atoms with Crippen LogP contribution in [0.2, 0.25) is 0 Å². The van der Waals surface area contributed by atoms with Crippen molar-refractivity contribution < 1.29 is 4.79 Å². The van der Waals surface area contributed by atoms with Crippen LogP contribution in [0.5, 0.6) is 0 Å². The fourth-order valence-electron chi connectivity index (χ4n) is 1.16. The summed E-state index contributed by atoms with van der Waals surface area (Å²) in [5.74, 6) is -0.111. The molecule has 0 radical (unpaired) electrons. The Morgan fingerprint density at radius 3 is 3.36 bits per heavy atom. The minimum Gasteiger partial charge on any atom is -0.349 e. The molecule has 2 aromatic heterocycles. The van der Waals surface area contributed by atoms with Crippen molar-refractivity contribution in [3.05, 3.63) is 23.6 Å². The number of rotatable bonds is 3. The van der Waals surface area contributed by atoms with E-state index in [1.165, 1.54) is 11.3 Å². The van der Waals surface area contributed by atoms with E-state index in [1.807, 2.05) is 5.38 Å². The van der Waals surface area contributed by atoms with E-state index in [0.29, 0.717) is 18.8 Å². The Morgan fingerprint density at radius 2 is 2.57 bits per heavy atom. The Morgan fingerprint density at radius 1 is 1.71 bits per heavy atom. The Bertz CT molecular complexity index is 447. The molecule has 74 valence electrons. The van der Waals surface area contributed by atoms with Crippen molar-refractivity contribution in [3.63, 3.8) is 0 Å². The lowest BCUT2D eigenvalue weighted by Crippen LogP contribution is -2.29. The monoisotopic (exact) mass is 210 g/mol. The van der Waals surface area contributed by atoms with Crippen LogP contribution in [0.3, 0.4) is 0 Å². The fraction of sp³-hybridized carbons (Fsp3) is 0.250. The highest BCUT2D eigenvalue weighted by Gasteiger charge is 2.10. The molecule has 0 saturated heterocycles. The van der Waals surface area contributed by atoms with Crippen LogP contribution in [0, 0.1) is 0 Å². The molecule has 2 heterocycles. The standard InChI is InChI=1S/C8H10N4OS/c9-1-2-11-8(13)6-4-14-7-3-10-5-12(6)7/h3-5H,1-2,9H2,(H,11,13). The van der Waals surface area contributed by atoms with Crippen molar-refractivity contribution in [1.29, 1.82) is 0 Å². The summed E-state index contributed by atoms with van der Waals surface area (Å²) in [4.78, 5) is 16.5. The largest absolute Gasteiger partial charge is 0.349 e. The molecule has 0 saturated carbocycles. The van der Waals surface area contributed by atoms with E-state index in [1.54, 1.807) is 16.9 Å². The van der Waals surface area contributed by atoms with Crippen LogP contribution >= 0.6 is 11.3 Å². The molecule has 0 unspecified atom stereocenters. The van der Waals surface area contributed by atoms with Crippen molar-refractivity contribution in [1.82, 2.24) is 14.7 Å². The molecule has 0 spiro atoms. The zero-order valence-corrected chi connectivity index (χ0v) is 8.25. The second kappa shape index (κ2) is 3.77. The van der Waals surface area contributed by atoms with E-state index in [4.69, 9.17) is 5.73 Å². The highest BCUT2D eigenvalue weighted by Crippen LogP contribution is 2.15. The topological polar surface area (TPSA) is 72.4 Å². The van der Waals surface area contributed by atoms with Gasteiger partial charge in [-0.2, -0.15) is 0 Å². The molecule has 14 heavy (non-hydrogen) atoms. The summed E-state index contributed by atoms with van der Waals surface area (Å²) < 4.78 is 1.76. The van der Waals surface area contributed by atoms with E-state index in [-0.39, 0.29) is 5.91 Å². The van der Waals surface area contributed by atoms with Crippen LogP contribution < -0.4 is 11.1 Å². The van der Waals surface area contributed by atoms with Crippen molar-refractivity contribution >= 4 is 22.1 Å². The van der Waals surface area contributed by atoms with Gasteiger partial charge in [0.05, 0.1) is 6.20 Å². The lowest BCUT2D eigenvalue weighted by Gasteiger charge is -2.00. The second-order valence-electron chi connectivity index (χ2n) is 2.77. The number of aromatic nitrogens is 2. The number of nitrogens with two attached hydrogens (primary N) is 1. The third kappa shape index (κ3) is 1.49. The van der Waals surface area contributed by atoms with Gasteiger partial charge < -0.3 is 11.1 Å². The minimum atomic E-state index is -0.111. The summed E-state index contributed by atoms with van der Waals surface area (Å²) in [6.45, 7) is 0.938. The first-order chi connectivity index (χ1) is 6.83. The number of fused-ring (bicyclic) bond motifs is 1. The first kappa shape index (κ1) is 9.17. The first-order valence-corrected chi connectivity index (χ1v) is 5.08. The maximum absolute atomic E-state index is 11.6. The molecule has 2 aromatic rings. The maximum atomic E-state index is 11.6. The van der Waals surface area contributed by atoms with E-state index in [0.717, 1.165) is 4.83 Å². The summed E-state index contributed by atoms with van der Waals surface area (Å²) >= 11 is 1.49. The van der Waals surface area contributed by atoms with E-state index in [9.17, 15) is 4.79 Å². The predicted octanol–water partition coefficient (Wildman–Crippen LogP) is 0.0843. The van der Waals surface area contributed by atoms with Gasteiger partial charge >= 0.3 is 0 Å². The van der Waals surface area contributed by atoms with Crippen molar-refractivity contribution in [2.75, 3.05) is 13.1 Å². The highest BCUT2D eigenvalue weighted by atomic mass is 32.1. The van der Waals surface area contributed by atoms with Crippen LogP contribution in [0.15, 0.2) is 17.9 Å². The quantitative estimate of drug-likeness (QED) is 0.753. The number of carbonyl (C=O) groups excluding carboxylic acids is 1. The molecule has 0 bridgehead atoms. The normalized spacial score (nSPS) is 10.6. The Balaban J connectivity index is 2.25. The lowest BCUT2D eigenvalue weighted by molar-refractivity contribution is 0.0949. The van der Waals surface area contributed by atoms with Gasteiger partial charge in [-0.3, -0.25) is 9.20 Å². The Kier molecular flexibility index (Phi) is 2.47. The van der Waals surface area contributed by atoms with Gasteiger partial charge in [0.25, 0.3) is 5.91 Å². The number of thiazole rings is 1. The average Bonchev–Trinajstić information content (AvgIpc) is 2.74. The van der Waals surface area contributed by atoms with Gasteiger partial charge in [0.1, 0.15) is 16.9 Å². The van der Waals surface area contributed by atoms with Gasteiger partial charge in [0.2, 0.25) is 0 Å². The molecule has 0 fully saturated rings. The van der Waals surface area contributed by atoms with Gasteiger partial charge in [-0.1, -0.05) is 0 Å².